The molecule has 1 N–H and O–H groups in total. The van der Waals surface area contributed by atoms with E-state index < -0.39 is 10.0 Å². The SMILES string of the molecule is CNC(=O)c1ccc(S(=O)(=O)N2CCC[C@@H]2c2nc3ccccc3s2)cc1. The first-order valence-corrected chi connectivity index (χ1v) is 11.0. The Kier molecular flexibility index (Phi) is 4.71. The zero-order chi connectivity index (χ0) is 19.0. The molecule has 0 spiro atoms. The lowest BCUT2D eigenvalue weighted by molar-refractivity contribution is 0.0963. The number of nitrogens with one attached hydrogen (secondary N) is 1. The first-order valence-electron chi connectivity index (χ1n) is 8.70. The van der Waals surface area contributed by atoms with Gasteiger partial charge in [0.2, 0.25) is 10.0 Å². The molecule has 3 aromatic rings. The molecule has 0 unspecified atom stereocenters. The Morgan fingerprint density at radius 2 is 1.93 bits per heavy atom. The molecule has 2 heterocycles. The lowest BCUT2D eigenvalue weighted by Crippen LogP contribution is -2.30. The van der Waals surface area contributed by atoms with Gasteiger partial charge >= 0.3 is 0 Å². The maximum atomic E-state index is 13.2. The summed E-state index contributed by atoms with van der Waals surface area (Å²) in [5, 5.41) is 3.36. The van der Waals surface area contributed by atoms with Crippen LogP contribution in [0.5, 0.6) is 0 Å². The third-order valence-electron chi connectivity index (χ3n) is 4.75. The molecular weight excluding hydrogens is 382 g/mol. The van der Waals surface area contributed by atoms with Crippen LogP contribution in [0.3, 0.4) is 0 Å². The minimum Gasteiger partial charge on any atom is -0.355 e. The minimum absolute atomic E-state index is 0.197. The van der Waals surface area contributed by atoms with Gasteiger partial charge in [-0.25, -0.2) is 13.4 Å². The molecule has 0 saturated carbocycles. The Bertz CT molecular complexity index is 1060. The van der Waals surface area contributed by atoms with Crippen LogP contribution in [0.4, 0.5) is 0 Å². The van der Waals surface area contributed by atoms with Gasteiger partial charge in [-0.05, 0) is 49.2 Å². The molecule has 6 nitrogen and oxygen atoms in total. The summed E-state index contributed by atoms with van der Waals surface area (Å²) in [6, 6.07) is 13.7. The quantitative estimate of drug-likeness (QED) is 0.728. The normalized spacial score (nSPS) is 18.0. The Labute approximate surface area is 161 Å². The van der Waals surface area contributed by atoms with Crippen LogP contribution in [-0.2, 0) is 10.0 Å². The second-order valence-electron chi connectivity index (χ2n) is 6.40. The van der Waals surface area contributed by atoms with Crippen LogP contribution >= 0.6 is 11.3 Å². The van der Waals surface area contributed by atoms with Crippen LogP contribution in [0.1, 0.15) is 34.2 Å². The first kappa shape index (κ1) is 18.1. The van der Waals surface area contributed by atoms with Crippen LogP contribution in [0.15, 0.2) is 53.4 Å². The van der Waals surface area contributed by atoms with E-state index in [1.165, 1.54) is 24.3 Å². The molecule has 4 rings (SSSR count). The van der Waals surface area contributed by atoms with Gasteiger partial charge in [-0.2, -0.15) is 4.31 Å². The number of hydrogen-bond acceptors (Lipinski definition) is 5. The van der Waals surface area contributed by atoms with Gasteiger partial charge in [0.15, 0.2) is 0 Å². The van der Waals surface area contributed by atoms with Crippen molar-refractivity contribution in [1.29, 1.82) is 0 Å². The molecule has 1 amide bonds. The molecule has 1 saturated heterocycles. The summed E-state index contributed by atoms with van der Waals surface area (Å²) < 4.78 is 29.0. The molecular formula is C19H19N3O3S2. The highest BCUT2D eigenvalue weighted by Gasteiger charge is 2.37. The summed E-state index contributed by atoms with van der Waals surface area (Å²) >= 11 is 1.55. The van der Waals surface area contributed by atoms with Crippen molar-refractivity contribution in [1.82, 2.24) is 14.6 Å². The van der Waals surface area contributed by atoms with Gasteiger partial charge in [0.1, 0.15) is 5.01 Å². The van der Waals surface area contributed by atoms with Crippen molar-refractivity contribution < 1.29 is 13.2 Å². The number of amides is 1. The van der Waals surface area contributed by atoms with E-state index in [1.54, 1.807) is 22.7 Å². The smallest absolute Gasteiger partial charge is 0.251 e. The Hall–Kier alpha value is -2.29. The van der Waals surface area contributed by atoms with Crippen molar-refractivity contribution >= 4 is 37.5 Å². The minimum atomic E-state index is -3.65. The molecule has 0 radical (unpaired) electrons. The molecule has 140 valence electrons. The number of benzene rings is 2. The molecule has 2 aromatic carbocycles. The number of thiazole rings is 1. The maximum Gasteiger partial charge on any atom is 0.251 e. The van der Waals surface area contributed by atoms with Gasteiger partial charge in [-0.15, -0.1) is 11.3 Å². The summed E-state index contributed by atoms with van der Waals surface area (Å²) in [7, 11) is -2.11. The van der Waals surface area contributed by atoms with Crippen LogP contribution in [0, 0.1) is 0 Å². The molecule has 1 aliphatic rings. The van der Waals surface area contributed by atoms with Crippen molar-refractivity contribution in [2.45, 2.75) is 23.8 Å². The van der Waals surface area contributed by atoms with E-state index in [0.29, 0.717) is 12.1 Å². The number of rotatable bonds is 4. The van der Waals surface area contributed by atoms with E-state index in [4.69, 9.17) is 0 Å². The predicted molar refractivity (Wildman–Crippen MR) is 105 cm³/mol. The number of carbonyl (C=O) groups is 1. The molecule has 0 aliphatic carbocycles. The number of sulfonamides is 1. The first-order chi connectivity index (χ1) is 13.0. The van der Waals surface area contributed by atoms with Crippen molar-refractivity contribution in [3.05, 3.63) is 59.1 Å². The molecule has 1 fully saturated rings. The number of hydrogen-bond donors (Lipinski definition) is 1. The lowest BCUT2D eigenvalue weighted by atomic mass is 10.2. The van der Waals surface area contributed by atoms with E-state index in [9.17, 15) is 13.2 Å². The van der Waals surface area contributed by atoms with Gasteiger partial charge in [0.25, 0.3) is 5.91 Å². The molecule has 1 atom stereocenters. The number of fused-ring (bicyclic) bond motifs is 1. The summed E-state index contributed by atoms with van der Waals surface area (Å²) in [6.45, 7) is 0.472. The zero-order valence-electron chi connectivity index (χ0n) is 14.8. The Morgan fingerprint density at radius 1 is 1.19 bits per heavy atom. The monoisotopic (exact) mass is 401 g/mol. The summed E-state index contributed by atoms with van der Waals surface area (Å²) in [5.74, 6) is -0.243. The second kappa shape index (κ2) is 7.03. The Balaban J connectivity index is 1.66. The third-order valence-corrected chi connectivity index (χ3v) is 7.81. The van der Waals surface area contributed by atoms with Gasteiger partial charge in [0.05, 0.1) is 21.2 Å². The number of nitrogens with zero attached hydrogens (tertiary/aromatic N) is 2. The van der Waals surface area contributed by atoms with E-state index in [2.05, 4.69) is 10.3 Å². The topological polar surface area (TPSA) is 79.4 Å². The zero-order valence-corrected chi connectivity index (χ0v) is 16.4. The van der Waals surface area contributed by atoms with Crippen LogP contribution in [-0.4, -0.2) is 37.2 Å². The third kappa shape index (κ3) is 3.24. The molecule has 1 aromatic heterocycles. The lowest BCUT2D eigenvalue weighted by Gasteiger charge is -2.22. The molecule has 1 aliphatic heterocycles. The van der Waals surface area contributed by atoms with Gasteiger partial charge < -0.3 is 5.32 Å². The average molecular weight is 402 g/mol. The van der Waals surface area contributed by atoms with Crippen molar-refractivity contribution in [2.75, 3.05) is 13.6 Å². The standard InChI is InChI=1S/C19H19N3O3S2/c1-20-18(23)13-8-10-14(11-9-13)27(24,25)22-12-4-6-16(22)19-21-15-5-2-3-7-17(15)26-19/h2-3,5,7-11,16H,4,6,12H2,1H3,(H,20,23)/t16-/m1/s1. The van der Waals surface area contributed by atoms with Crippen LogP contribution in [0.25, 0.3) is 10.2 Å². The number of carbonyl (C=O) groups excluding carboxylic acids is 1. The fraction of sp³-hybridized carbons (Fsp3) is 0.263. The van der Waals surface area contributed by atoms with E-state index in [1.807, 2.05) is 24.3 Å². The van der Waals surface area contributed by atoms with Gasteiger partial charge in [0, 0.05) is 19.2 Å². The number of aromatic nitrogens is 1. The van der Waals surface area contributed by atoms with Crippen LogP contribution in [0.2, 0.25) is 0 Å². The highest BCUT2D eigenvalue weighted by atomic mass is 32.2. The predicted octanol–water partition coefficient (Wildman–Crippen LogP) is 3.18. The summed E-state index contributed by atoms with van der Waals surface area (Å²) in [5.41, 5.74) is 1.33. The largest absolute Gasteiger partial charge is 0.355 e. The molecule has 0 bridgehead atoms. The fourth-order valence-corrected chi connectivity index (χ4v) is 6.21. The molecule has 8 heteroatoms. The van der Waals surface area contributed by atoms with Crippen LogP contribution < -0.4 is 5.32 Å². The summed E-state index contributed by atoms with van der Waals surface area (Å²) in [4.78, 5) is 16.5. The van der Waals surface area contributed by atoms with Crippen molar-refractivity contribution in [2.24, 2.45) is 0 Å². The van der Waals surface area contributed by atoms with E-state index >= 15 is 0 Å². The number of para-hydroxylation sites is 1. The highest BCUT2D eigenvalue weighted by Crippen LogP contribution is 2.39. The van der Waals surface area contributed by atoms with Crippen molar-refractivity contribution in [3.63, 3.8) is 0 Å². The highest BCUT2D eigenvalue weighted by molar-refractivity contribution is 7.89. The second-order valence-corrected chi connectivity index (χ2v) is 9.35. The van der Waals surface area contributed by atoms with E-state index in [-0.39, 0.29) is 16.8 Å². The Morgan fingerprint density at radius 3 is 2.63 bits per heavy atom. The molecule has 27 heavy (non-hydrogen) atoms. The average Bonchev–Trinajstić information content (AvgIpc) is 3.34. The maximum absolute atomic E-state index is 13.2. The summed E-state index contributed by atoms with van der Waals surface area (Å²) in [6.07, 6.45) is 1.56. The fourth-order valence-electron chi connectivity index (χ4n) is 3.37. The van der Waals surface area contributed by atoms with Gasteiger partial charge in [-0.1, -0.05) is 12.1 Å². The van der Waals surface area contributed by atoms with E-state index in [0.717, 1.165) is 28.1 Å². The van der Waals surface area contributed by atoms with Crippen molar-refractivity contribution in [3.8, 4) is 0 Å². The van der Waals surface area contributed by atoms with Gasteiger partial charge in [-0.3, -0.25) is 4.79 Å².